The summed E-state index contributed by atoms with van der Waals surface area (Å²) in [6.07, 6.45) is 1.49. The first-order valence-corrected chi connectivity index (χ1v) is 7.87. The van der Waals surface area contributed by atoms with Crippen LogP contribution in [0.1, 0.15) is 28.3 Å². The van der Waals surface area contributed by atoms with Crippen molar-refractivity contribution < 1.29 is 24.1 Å². The fourth-order valence-electron chi connectivity index (χ4n) is 4.36. The van der Waals surface area contributed by atoms with Crippen molar-refractivity contribution in [3.8, 4) is 11.5 Å². The molecule has 0 unspecified atom stereocenters. The molecule has 0 aromatic heterocycles. The molecule has 1 aromatic rings. The predicted molar refractivity (Wildman–Crippen MR) is 79.6 cm³/mol. The van der Waals surface area contributed by atoms with Gasteiger partial charge in [-0.05, 0) is 31.2 Å². The number of hydrogen-bond acceptors (Lipinski definition) is 6. The van der Waals surface area contributed by atoms with E-state index in [1.807, 2.05) is 12.1 Å². The van der Waals surface area contributed by atoms with Crippen molar-refractivity contribution in [2.24, 2.45) is 0 Å². The standard InChI is InChI=1S/C17H17NO5/c1-18-3-2-8-4-11(19)16-14(15(8)18)9-5-12-13(22-7-21-12)6-10(9)17(20)23-16/h4-6,11,14-16,19H,2-3,7H2,1H3/t11-,14+,15+,16+/m0/s1. The Morgan fingerprint density at radius 2 is 2.04 bits per heavy atom. The molecule has 5 rings (SSSR count). The van der Waals surface area contributed by atoms with E-state index in [4.69, 9.17) is 14.2 Å². The fraction of sp³-hybridized carbons (Fsp3) is 0.471. The van der Waals surface area contributed by atoms with E-state index in [9.17, 15) is 9.90 Å². The largest absolute Gasteiger partial charge is 0.455 e. The highest BCUT2D eigenvalue weighted by molar-refractivity contribution is 5.94. The number of likely N-dealkylation sites (tertiary alicyclic amines) is 1. The lowest BCUT2D eigenvalue weighted by atomic mass is 9.74. The van der Waals surface area contributed by atoms with Crippen molar-refractivity contribution in [3.05, 3.63) is 34.9 Å². The lowest BCUT2D eigenvalue weighted by Crippen LogP contribution is -2.50. The number of benzene rings is 1. The topological polar surface area (TPSA) is 68.2 Å². The number of hydrogen-bond donors (Lipinski definition) is 1. The van der Waals surface area contributed by atoms with Crippen molar-refractivity contribution in [1.82, 2.24) is 4.90 Å². The van der Waals surface area contributed by atoms with Gasteiger partial charge >= 0.3 is 5.97 Å². The van der Waals surface area contributed by atoms with Crippen LogP contribution in [0.3, 0.4) is 0 Å². The van der Waals surface area contributed by atoms with Crippen molar-refractivity contribution in [1.29, 1.82) is 0 Å². The van der Waals surface area contributed by atoms with Crippen LogP contribution >= 0.6 is 0 Å². The quantitative estimate of drug-likeness (QED) is 0.570. The minimum atomic E-state index is -0.764. The van der Waals surface area contributed by atoms with Crippen LogP contribution in [0.5, 0.6) is 11.5 Å². The second kappa shape index (κ2) is 4.49. The number of fused-ring (bicyclic) bond motifs is 6. The molecule has 1 fully saturated rings. The van der Waals surface area contributed by atoms with E-state index in [1.54, 1.807) is 6.07 Å². The SMILES string of the molecule is CN1CCC2=C[C@H](O)[C@H]3OC(=O)c4cc5c(cc4[C@@H]3[C@@H]21)OCO5. The maximum atomic E-state index is 12.4. The molecular formula is C17H17NO5. The first-order valence-electron chi connectivity index (χ1n) is 7.87. The molecule has 4 aliphatic rings. The minimum Gasteiger partial charge on any atom is -0.455 e. The average Bonchev–Trinajstić information content (AvgIpc) is 3.13. The lowest BCUT2D eigenvalue weighted by molar-refractivity contribution is -0.0336. The lowest BCUT2D eigenvalue weighted by Gasteiger charge is -2.43. The number of aliphatic hydroxyl groups excluding tert-OH is 1. The molecule has 1 N–H and O–H groups in total. The van der Waals surface area contributed by atoms with E-state index >= 15 is 0 Å². The molecule has 0 bridgehead atoms. The van der Waals surface area contributed by atoms with Crippen molar-refractivity contribution in [2.45, 2.75) is 30.6 Å². The first kappa shape index (κ1) is 13.4. The molecule has 23 heavy (non-hydrogen) atoms. The van der Waals surface area contributed by atoms with E-state index in [0.717, 1.165) is 18.5 Å². The molecule has 6 heteroatoms. The molecule has 1 aromatic carbocycles. The number of aliphatic hydroxyl groups is 1. The number of rotatable bonds is 0. The van der Waals surface area contributed by atoms with Crippen LogP contribution in [0, 0.1) is 0 Å². The molecule has 0 saturated carbocycles. The Labute approximate surface area is 133 Å². The Morgan fingerprint density at radius 3 is 2.87 bits per heavy atom. The molecule has 1 aliphatic carbocycles. The number of ether oxygens (including phenoxy) is 3. The van der Waals surface area contributed by atoms with E-state index in [-0.39, 0.29) is 18.8 Å². The number of esters is 1. The Morgan fingerprint density at radius 1 is 1.26 bits per heavy atom. The van der Waals surface area contributed by atoms with Gasteiger partial charge in [0.2, 0.25) is 6.79 Å². The molecular weight excluding hydrogens is 298 g/mol. The zero-order valence-electron chi connectivity index (χ0n) is 12.7. The molecule has 3 aliphatic heterocycles. The molecule has 1 saturated heterocycles. The summed E-state index contributed by atoms with van der Waals surface area (Å²) in [5.41, 5.74) is 2.63. The molecule has 4 atom stereocenters. The molecule has 3 heterocycles. The third-order valence-corrected chi connectivity index (χ3v) is 5.39. The van der Waals surface area contributed by atoms with Crippen molar-refractivity contribution in [3.63, 3.8) is 0 Å². The van der Waals surface area contributed by atoms with Gasteiger partial charge in [0, 0.05) is 18.5 Å². The summed E-state index contributed by atoms with van der Waals surface area (Å²) >= 11 is 0. The molecule has 0 amide bonds. The zero-order chi connectivity index (χ0) is 15.7. The summed E-state index contributed by atoms with van der Waals surface area (Å²) in [6, 6.07) is 3.74. The first-order chi connectivity index (χ1) is 11.1. The fourth-order valence-corrected chi connectivity index (χ4v) is 4.36. The number of carbonyl (C=O) groups excluding carboxylic acids is 1. The monoisotopic (exact) mass is 315 g/mol. The van der Waals surface area contributed by atoms with E-state index in [1.165, 1.54) is 5.57 Å². The smallest absolute Gasteiger partial charge is 0.338 e. The molecule has 0 radical (unpaired) electrons. The highest BCUT2D eigenvalue weighted by Gasteiger charge is 2.50. The Balaban J connectivity index is 1.70. The number of likely N-dealkylation sites (N-methyl/N-ethyl adjacent to an activating group) is 1. The third-order valence-electron chi connectivity index (χ3n) is 5.39. The molecule has 0 spiro atoms. The average molecular weight is 315 g/mol. The van der Waals surface area contributed by atoms with Crippen LogP contribution in [-0.2, 0) is 4.74 Å². The second-order valence-corrected chi connectivity index (χ2v) is 6.60. The van der Waals surface area contributed by atoms with Gasteiger partial charge in [-0.25, -0.2) is 4.79 Å². The Hall–Kier alpha value is -2.05. The second-order valence-electron chi connectivity index (χ2n) is 6.60. The summed E-state index contributed by atoms with van der Waals surface area (Å²) in [7, 11) is 2.07. The summed E-state index contributed by atoms with van der Waals surface area (Å²) in [6.45, 7) is 1.11. The van der Waals surface area contributed by atoms with Crippen LogP contribution in [0.2, 0.25) is 0 Å². The third kappa shape index (κ3) is 1.73. The van der Waals surface area contributed by atoms with Gasteiger partial charge in [0.25, 0.3) is 0 Å². The van der Waals surface area contributed by atoms with Gasteiger partial charge < -0.3 is 19.3 Å². The Bertz CT molecular complexity index is 743. The maximum Gasteiger partial charge on any atom is 0.338 e. The molecule has 6 nitrogen and oxygen atoms in total. The minimum absolute atomic E-state index is 0.0836. The van der Waals surface area contributed by atoms with Crippen LogP contribution < -0.4 is 9.47 Å². The van der Waals surface area contributed by atoms with Crippen molar-refractivity contribution in [2.75, 3.05) is 20.4 Å². The molecule has 120 valence electrons. The summed E-state index contributed by atoms with van der Waals surface area (Å²) in [4.78, 5) is 14.7. The van der Waals surface area contributed by atoms with Gasteiger partial charge in [-0.3, -0.25) is 4.90 Å². The van der Waals surface area contributed by atoms with Gasteiger partial charge in [-0.1, -0.05) is 11.6 Å². The van der Waals surface area contributed by atoms with Crippen LogP contribution in [0.4, 0.5) is 0 Å². The highest BCUT2D eigenvalue weighted by atomic mass is 16.7. The van der Waals surface area contributed by atoms with Crippen LogP contribution in [0.25, 0.3) is 0 Å². The van der Waals surface area contributed by atoms with Gasteiger partial charge in [-0.15, -0.1) is 0 Å². The number of carbonyl (C=O) groups is 1. The normalized spacial score (nSPS) is 34.3. The van der Waals surface area contributed by atoms with Gasteiger partial charge in [-0.2, -0.15) is 0 Å². The van der Waals surface area contributed by atoms with E-state index in [0.29, 0.717) is 17.1 Å². The summed E-state index contributed by atoms with van der Waals surface area (Å²) < 4.78 is 16.4. The zero-order valence-corrected chi connectivity index (χ0v) is 12.7. The van der Waals surface area contributed by atoms with Crippen LogP contribution in [0.15, 0.2) is 23.8 Å². The van der Waals surface area contributed by atoms with E-state index < -0.39 is 18.2 Å². The van der Waals surface area contributed by atoms with Crippen molar-refractivity contribution >= 4 is 5.97 Å². The van der Waals surface area contributed by atoms with Gasteiger partial charge in [0.1, 0.15) is 12.2 Å². The predicted octanol–water partition coefficient (Wildman–Crippen LogP) is 1.04. The highest BCUT2D eigenvalue weighted by Crippen LogP contribution is 2.48. The summed E-state index contributed by atoms with van der Waals surface area (Å²) in [5.74, 6) is 0.741. The van der Waals surface area contributed by atoms with Gasteiger partial charge in [0.05, 0.1) is 5.56 Å². The van der Waals surface area contributed by atoms with E-state index in [2.05, 4.69) is 11.9 Å². The van der Waals surface area contributed by atoms with Crippen LogP contribution in [-0.4, -0.2) is 54.6 Å². The number of nitrogens with zero attached hydrogens (tertiary/aromatic N) is 1. The summed E-state index contributed by atoms with van der Waals surface area (Å²) in [5, 5.41) is 10.4. The van der Waals surface area contributed by atoms with Gasteiger partial charge in [0.15, 0.2) is 11.5 Å². The Kier molecular flexibility index (Phi) is 2.61. The maximum absolute atomic E-state index is 12.4.